The Labute approximate surface area is 95.8 Å². The Bertz CT molecular complexity index is 350. The maximum atomic E-state index is 11.5. The molecule has 1 aliphatic heterocycles. The number of nitrogens with one attached hydrogen (secondary N) is 1. The van der Waals surface area contributed by atoms with Gasteiger partial charge in [0, 0.05) is 6.04 Å². The van der Waals surface area contributed by atoms with E-state index in [9.17, 15) is 4.79 Å². The fourth-order valence-electron chi connectivity index (χ4n) is 2.12. The Morgan fingerprint density at radius 2 is 2.12 bits per heavy atom. The first-order valence-electron chi connectivity index (χ1n) is 5.79. The molecule has 0 spiro atoms. The number of benzene rings is 1. The largest absolute Gasteiger partial charge is 0.465 e. The molecule has 0 aliphatic carbocycles. The second-order valence-corrected chi connectivity index (χ2v) is 4.01. The molecule has 0 saturated carbocycles. The van der Waals surface area contributed by atoms with Gasteiger partial charge in [-0.05, 0) is 25.3 Å². The zero-order chi connectivity index (χ0) is 11.4. The summed E-state index contributed by atoms with van der Waals surface area (Å²) in [6.07, 6.45) is 1.85. The molecule has 1 heterocycles. The van der Waals surface area contributed by atoms with Gasteiger partial charge >= 0.3 is 5.97 Å². The van der Waals surface area contributed by atoms with E-state index in [0.29, 0.717) is 6.61 Å². The van der Waals surface area contributed by atoms with E-state index in [1.165, 1.54) is 5.56 Å². The van der Waals surface area contributed by atoms with Gasteiger partial charge in [-0.2, -0.15) is 0 Å². The van der Waals surface area contributed by atoms with Gasteiger partial charge in [0.05, 0.1) is 6.61 Å². The molecule has 1 saturated heterocycles. The molecule has 3 nitrogen and oxygen atoms in total. The van der Waals surface area contributed by atoms with Crippen LogP contribution in [0, 0.1) is 0 Å². The summed E-state index contributed by atoms with van der Waals surface area (Å²) in [5, 5.41) is 3.32. The summed E-state index contributed by atoms with van der Waals surface area (Å²) in [6, 6.07) is 10.4. The Morgan fingerprint density at radius 1 is 1.38 bits per heavy atom. The van der Waals surface area contributed by atoms with E-state index >= 15 is 0 Å². The third-order valence-electron chi connectivity index (χ3n) is 2.92. The van der Waals surface area contributed by atoms with Gasteiger partial charge in [0.15, 0.2) is 0 Å². The molecule has 2 atom stereocenters. The smallest absolute Gasteiger partial charge is 0.323 e. The van der Waals surface area contributed by atoms with Gasteiger partial charge in [-0.25, -0.2) is 0 Å². The van der Waals surface area contributed by atoms with Crippen LogP contribution in [-0.2, 0) is 9.53 Å². The van der Waals surface area contributed by atoms with Crippen molar-refractivity contribution in [3.05, 3.63) is 35.9 Å². The van der Waals surface area contributed by atoms with Crippen LogP contribution < -0.4 is 5.32 Å². The summed E-state index contributed by atoms with van der Waals surface area (Å²) in [4.78, 5) is 11.5. The van der Waals surface area contributed by atoms with E-state index in [1.54, 1.807) is 0 Å². The van der Waals surface area contributed by atoms with Crippen LogP contribution in [0.3, 0.4) is 0 Å². The van der Waals surface area contributed by atoms with Crippen LogP contribution in [0.4, 0.5) is 0 Å². The lowest BCUT2D eigenvalue weighted by atomic mass is 10.1. The van der Waals surface area contributed by atoms with Crippen molar-refractivity contribution in [2.75, 3.05) is 6.61 Å². The first kappa shape index (κ1) is 11.1. The van der Waals surface area contributed by atoms with Crippen molar-refractivity contribution in [2.45, 2.75) is 31.8 Å². The van der Waals surface area contributed by atoms with Gasteiger partial charge in [0.25, 0.3) is 0 Å². The van der Waals surface area contributed by atoms with Gasteiger partial charge in [-0.3, -0.25) is 10.1 Å². The third kappa shape index (κ3) is 2.42. The molecule has 0 radical (unpaired) electrons. The van der Waals surface area contributed by atoms with Crippen LogP contribution in [-0.4, -0.2) is 18.6 Å². The fraction of sp³-hybridized carbons (Fsp3) is 0.462. The highest BCUT2D eigenvalue weighted by Gasteiger charge is 2.30. The van der Waals surface area contributed by atoms with E-state index in [-0.39, 0.29) is 18.1 Å². The summed E-state index contributed by atoms with van der Waals surface area (Å²) < 4.78 is 5.01. The van der Waals surface area contributed by atoms with Gasteiger partial charge in [0.2, 0.25) is 0 Å². The first-order valence-corrected chi connectivity index (χ1v) is 5.79. The summed E-state index contributed by atoms with van der Waals surface area (Å²) >= 11 is 0. The number of rotatable bonds is 3. The Hall–Kier alpha value is -1.35. The highest BCUT2D eigenvalue weighted by atomic mass is 16.5. The van der Waals surface area contributed by atoms with Gasteiger partial charge in [-0.1, -0.05) is 30.3 Å². The van der Waals surface area contributed by atoms with Crippen molar-refractivity contribution >= 4 is 5.97 Å². The maximum absolute atomic E-state index is 11.5. The lowest BCUT2D eigenvalue weighted by Crippen LogP contribution is -2.33. The molecule has 16 heavy (non-hydrogen) atoms. The van der Waals surface area contributed by atoms with Crippen LogP contribution in [0.1, 0.15) is 31.4 Å². The Morgan fingerprint density at radius 3 is 2.81 bits per heavy atom. The first-order chi connectivity index (χ1) is 7.81. The fourth-order valence-corrected chi connectivity index (χ4v) is 2.12. The van der Waals surface area contributed by atoms with Crippen LogP contribution >= 0.6 is 0 Å². The lowest BCUT2D eigenvalue weighted by Gasteiger charge is -2.13. The molecule has 1 fully saturated rings. The average molecular weight is 219 g/mol. The van der Waals surface area contributed by atoms with Crippen LogP contribution in [0.2, 0.25) is 0 Å². The lowest BCUT2D eigenvalue weighted by molar-refractivity contribution is -0.145. The Balaban J connectivity index is 1.96. The van der Waals surface area contributed by atoms with Gasteiger partial charge in [0.1, 0.15) is 6.04 Å². The second kappa shape index (κ2) is 5.12. The van der Waals surface area contributed by atoms with Crippen molar-refractivity contribution in [3.63, 3.8) is 0 Å². The summed E-state index contributed by atoms with van der Waals surface area (Å²) in [5.41, 5.74) is 1.24. The standard InChI is InChI=1S/C13H17NO2/c1-2-16-13(15)12-9-8-11(14-12)10-6-4-3-5-7-10/h3-7,11-12,14H,2,8-9H2,1H3. The molecule has 86 valence electrons. The predicted octanol–water partition coefficient (Wildman–Crippen LogP) is 2.04. The molecular weight excluding hydrogens is 202 g/mol. The summed E-state index contributed by atoms with van der Waals surface area (Å²) in [7, 11) is 0. The highest BCUT2D eigenvalue weighted by Crippen LogP contribution is 2.26. The molecule has 2 rings (SSSR count). The molecule has 1 aliphatic rings. The normalized spacial score (nSPS) is 24.3. The molecule has 1 aromatic carbocycles. The number of esters is 1. The number of carbonyl (C=O) groups is 1. The van der Waals surface area contributed by atoms with Crippen LogP contribution in [0.5, 0.6) is 0 Å². The SMILES string of the molecule is CCOC(=O)C1CCC(c2ccccc2)N1. The van der Waals surface area contributed by atoms with Crippen molar-refractivity contribution in [3.8, 4) is 0 Å². The van der Waals surface area contributed by atoms with Crippen LogP contribution in [0.15, 0.2) is 30.3 Å². The molecule has 1 N–H and O–H groups in total. The average Bonchev–Trinajstić information content (AvgIpc) is 2.80. The molecule has 0 bridgehead atoms. The summed E-state index contributed by atoms with van der Waals surface area (Å²) in [6.45, 7) is 2.29. The van der Waals surface area contributed by atoms with E-state index in [0.717, 1.165) is 12.8 Å². The number of ether oxygens (including phenoxy) is 1. The predicted molar refractivity (Wildman–Crippen MR) is 62.0 cm³/mol. The zero-order valence-corrected chi connectivity index (χ0v) is 9.48. The van der Waals surface area contributed by atoms with E-state index in [1.807, 2.05) is 25.1 Å². The minimum atomic E-state index is -0.134. The van der Waals surface area contributed by atoms with E-state index in [4.69, 9.17) is 4.74 Å². The molecular formula is C13H17NO2. The van der Waals surface area contributed by atoms with Gasteiger partial charge in [-0.15, -0.1) is 0 Å². The van der Waals surface area contributed by atoms with Crippen molar-refractivity contribution in [1.29, 1.82) is 0 Å². The molecule has 1 aromatic rings. The number of hydrogen-bond donors (Lipinski definition) is 1. The maximum Gasteiger partial charge on any atom is 0.323 e. The zero-order valence-electron chi connectivity index (χ0n) is 9.48. The highest BCUT2D eigenvalue weighted by molar-refractivity contribution is 5.76. The van der Waals surface area contributed by atoms with Crippen molar-refractivity contribution < 1.29 is 9.53 Å². The molecule has 3 heteroatoms. The Kier molecular flexibility index (Phi) is 3.57. The minimum absolute atomic E-state index is 0.124. The molecule has 0 aromatic heterocycles. The monoisotopic (exact) mass is 219 g/mol. The summed E-state index contributed by atoms with van der Waals surface area (Å²) in [5.74, 6) is -0.124. The topological polar surface area (TPSA) is 38.3 Å². The molecule has 2 unspecified atom stereocenters. The van der Waals surface area contributed by atoms with Crippen molar-refractivity contribution in [2.24, 2.45) is 0 Å². The number of hydrogen-bond acceptors (Lipinski definition) is 3. The van der Waals surface area contributed by atoms with Crippen LogP contribution in [0.25, 0.3) is 0 Å². The number of carbonyl (C=O) groups excluding carboxylic acids is 1. The van der Waals surface area contributed by atoms with Gasteiger partial charge < -0.3 is 4.74 Å². The van der Waals surface area contributed by atoms with E-state index < -0.39 is 0 Å². The second-order valence-electron chi connectivity index (χ2n) is 4.01. The van der Waals surface area contributed by atoms with Crippen molar-refractivity contribution in [1.82, 2.24) is 5.32 Å². The van der Waals surface area contributed by atoms with E-state index in [2.05, 4.69) is 17.4 Å². The molecule has 0 amide bonds. The minimum Gasteiger partial charge on any atom is -0.465 e. The third-order valence-corrected chi connectivity index (χ3v) is 2.92. The quantitative estimate of drug-likeness (QED) is 0.791.